The van der Waals surface area contributed by atoms with Gasteiger partial charge in [-0.1, -0.05) is 36.4 Å². The Morgan fingerprint density at radius 3 is 2.76 bits per heavy atom. The lowest BCUT2D eigenvalue weighted by molar-refractivity contribution is 0.0698. The molecule has 2 N–H and O–H groups in total. The molecule has 0 saturated carbocycles. The van der Waals surface area contributed by atoms with Crippen molar-refractivity contribution in [2.45, 2.75) is 25.8 Å². The summed E-state index contributed by atoms with van der Waals surface area (Å²) >= 11 is 0. The van der Waals surface area contributed by atoms with Crippen LogP contribution in [0.3, 0.4) is 0 Å². The monoisotopic (exact) mass is 442 g/mol. The third-order valence-electron chi connectivity index (χ3n) is 6.52. The molecule has 1 atom stereocenters. The topological polar surface area (TPSA) is 87.5 Å². The second kappa shape index (κ2) is 8.24. The fourth-order valence-electron chi connectivity index (χ4n) is 4.78. The van der Waals surface area contributed by atoms with Gasteiger partial charge in [-0.3, -0.25) is 9.36 Å². The van der Waals surface area contributed by atoms with Crippen molar-refractivity contribution in [1.82, 2.24) is 9.55 Å². The number of nitrogens with one attached hydrogen (secondary N) is 1. The Bertz CT molecular complexity index is 1390. The molecule has 2 heterocycles. The number of allylic oxidation sites excluding steroid dienone is 1. The molecule has 1 aliphatic heterocycles. The number of benzene rings is 2. The van der Waals surface area contributed by atoms with E-state index in [1.54, 1.807) is 41.9 Å². The molecule has 5 rings (SSSR count). The Morgan fingerprint density at radius 2 is 1.97 bits per heavy atom. The number of aromatic nitrogens is 2. The molecule has 1 aliphatic carbocycles. The zero-order valence-corrected chi connectivity index (χ0v) is 18.7. The van der Waals surface area contributed by atoms with Crippen LogP contribution in [-0.2, 0) is 7.05 Å². The van der Waals surface area contributed by atoms with Crippen LogP contribution in [0.5, 0.6) is 0 Å². The summed E-state index contributed by atoms with van der Waals surface area (Å²) in [6.45, 7) is 3.49. The van der Waals surface area contributed by atoms with Crippen LogP contribution >= 0.6 is 0 Å². The highest BCUT2D eigenvalue weighted by Gasteiger charge is 2.26. The van der Waals surface area contributed by atoms with E-state index in [4.69, 9.17) is 4.98 Å². The summed E-state index contributed by atoms with van der Waals surface area (Å²) in [5.41, 5.74) is 4.88. The number of para-hydroxylation sites is 2. The predicted octanol–water partition coefficient (Wildman–Crippen LogP) is 4.27. The van der Waals surface area contributed by atoms with Crippen LogP contribution in [0.1, 0.15) is 41.7 Å². The van der Waals surface area contributed by atoms with Crippen molar-refractivity contribution in [3.63, 3.8) is 0 Å². The first-order valence-corrected chi connectivity index (χ1v) is 11.1. The van der Waals surface area contributed by atoms with Crippen molar-refractivity contribution in [1.29, 1.82) is 0 Å². The lowest BCUT2D eigenvalue weighted by atomic mass is 10.0. The van der Waals surface area contributed by atoms with E-state index in [2.05, 4.69) is 22.4 Å². The van der Waals surface area contributed by atoms with Crippen LogP contribution in [0.2, 0.25) is 0 Å². The summed E-state index contributed by atoms with van der Waals surface area (Å²) in [6.07, 6.45) is 6.51. The molecule has 0 saturated heterocycles. The molecule has 168 valence electrons. The number of hydrogen-bond acceptors (Lipinski definition) is 5. The zero-order chi connectivity index (χ0) is 23.1. The maximum atomic E-state index is 13.3. The van der Waals surface area contributed by atoms with E-state index in [9.17, 15) is 14.7 Å². The molecular weight excluding hydrogens is 416 g/mol. The molecule has 0 amide bonds. The summed E-state index contributed by atoms with van der Waals surface area (Å²) in [7, 11) is 1.77. The molecule has 0 radical (unpaired) electrons. The first-order valence-electron chi connectivity index (χ1n) is 11.1. The highest BCUT2D eigenvalue weighted by Crippen LogP contribution is 2.31. The van der Waals surface area contributed by atoms with Crippen LogP contribution in [0.25, 0.3) is 10.9 Å². The van der Waals surface area contributed by atoms with Gasteiger partial charge in [0.1, 0.15) is 0 Å². The molecule has 7 heteroatoms. The Labute approximate surface area is 191 Å². The van der Waals surface area contributed by atoms with E-state index < -0.39 is 5.97 Å². The highest BCUT2D eigenvalue weighted by molar-refractivity contribution is 5.94. The minimum Gasteiger partial charge on any atom is -0.478 e. The average Bonchev–Trinajstić information content (AvgIpc) is 3.25. The van der Waals surface area contributed by atoms with Gasteiger partial charge in [-0.15, -0.1) is 0 Å². The second-order valence-corrected chi connectivity index (χ2v) is 8.66. The van der Waals surface area contributed by atoms with Gasteiger partial charge in [0.05, 0.1) is 22.5 Å². The molecule has 7 nitrogen and oxygen atoms in total. The largest absolute Gasteiger partial charge is 0.478 e. The summed E-state index contributed by atoms with van der Waals surface area (Å²) < 4.78 is 1.63. The molecule has 2 aromatic carbocycles. The summed E-state index contributed by atoms with van der Waals surface area (Å²) in [4.78, 5) is 32.0. The van der Waals surface area contributed by atoms with Gasteiger partial charge >= 0.3 is 5.97 Å². The Hall–Kier alpha value is -3.87. The van der Waals surface area contributed by atoms with Crippen LogP contribution in [0, 0.1) is 0 Å². The Kier molecular flexibility index (Phi) is 5.24. The van der Waals surface area contributed by atoms with Crippen molar-refractivity contribution in [3.05, 3.63) is 87.2 Å². The summed E-state index contributed by atoms with van der Waals surface area (Å²) in [5, 5.41) is 13.4. The summed E-state index contributed by atoms with van der Waals surface area (Å²) in [5.74, 6) is -0.335. The van der Waals surface area contributed by atoms with Crippen molar-refractivity contribution in [3.8, 4) is 0 Å². The molecular formula is C26H26N4O3. The van der Waals surface area contributed by atoms with E-state index in [1.807, 2.05) is 19.1 Å². The number of rotatable bonds is 5. The molecule has 0 unspecified atom stereocenters. The third-order valence-corrected chi connectivity index (χ3v) is 6.52. The van der Waals surface area contributed by atoms with Crippen LogP contribution in [-0.4, -0.2) is 33.7 Å². The van der Waals surface area contributed by atoms with Crippen LogP contribution in [0.15, 0.2) is 70.6 Å². The first-order chi connectivity index (χ1) is 15.9. The maximum Gasteiger partial charge on any atom is 0.337 e. The van der Waals surface area contributed by atoms with E-state index in [-0.39, 0.29) is 17.2 Å². The van der Waals surface area contributed by atoms with E-state index in [1.165, 1.54) is 11.1 Å². The Balaban J connectivity index is 1.55. The number of hydrogen-bond donors (Lipinski definition) is 2. The highest BCUT2D eigenvalue weighted by atomic mass is 16.4. The number of fused-ring (bicyclic) bond motifs is 1. The maximum absolute atomic E-state index is 13.3. The van der Waals surface area contributed by atoms with E-state index >= 15 is 0 Å². The molecule has 33 heavy (non-hydrogen) atoms. The van der Waals surface area contributed by atoms with E-state index in [0.717, 1.165) is 31.5 Å². The number of nitrogens with zero attached hydrogens (tertiary/aromatic N) is 3. The van der Waals surface area contributed by atoms with Crippen molar-refractivity contribution >= 4 is 28.5 Å². The number of carboxylic acid groups (broad SMARTS) is 1. The minimum atomic E-state index is -0.989. The van der Waals surface area contributed by atoms with E-state index in [0.29, 0.717) is 22.5 Å². The van der Waals surface area contributed by atoms with Gasteiger partial charge in [0.2, 0.25) is 5.95 Å². The standard InChI is InChI=1S/C26H26N4O3/c1-16(27-22-13-6-5-10-20(22)25(32)33)19-11-7-12-21-23(19)28-26(29(2)24(21)31)30-14-17-8-3-4-9-18(17)15-30/h3,5-8,10-13,16,27H,4,9,14-15H2,1-2H3,(H,32,33)/t16-/m1/s1. The number of aromatic carboxylic acids is 1. The smallest absolute Gasteiger partial charge is 0.337 e. The lowest BCUT2D eigenvalue weighted by Gasteiger charge is -2.23. The van der Waals surface area contributed by atoms with Crippen molar-refractivity contribution < 1.29 is 9.90 Å². The Morgan fingerprint density at radius 1 is 1.15 bits per heavy atom. The molecule has 0 bridgehead atoms. The number of carbonyl (C=O) groups is 1. The SMILES string of the molecule is C[C@@H](Nc1ccccc1C(=O)O)c1cccc2c(=O)n(C)c(N3CC4=C(CCC=C4)C3)nc12. The summed E-state index contributed by atoms with van der Waals surface area (Å²) in [6, 6.07) is 12.2. The van der Waals surface area contributed by atoms with Gasteiger partial charge in [-0.2, -0.15) is 0 Å². The normalized spacial score (nSPS) is 16.2. The van der Waals surface area contributed by atoms with Gasteiger partial charge in [0.25, 0.3) is 5.56 Å². The molecule has 0 spiro atoms. The van der Waals surface area contributed by atoms with Gasteiger partial charge in [-0.25, -0.2) is 9.78 Å². The van der Waals surface area contributed by atoms with Gasteiger partial charge in [-0.05, 0) is 49.1 Å². The van der Waals surface area contributed by atoms with Crippen molar-refractivity contribution in [2.75, 3.05) is 23.3 Å². The molecule has 2 aliphatic rings. The molecule has 3 aromatic rings. The fraction of sp³-hybridized carbons (Fsp3) is 0.269. The van der Waals surface area contributed by atoms with Gasteiger partial charge < -0.3 is 15.3 Å². The number of anilines is 2. The van der Waals surface area contributed by atoms with Crippen molar-refractivity contribution in [2.24, 2.45) is 7.05 Å². The van der Waals surface area contributed by atoms with Gasteiger partial charge in [0, 0.05) is 31.4 Å². The third kappa shape index (κ3) is 3.69. The lowest BCUT2D eigenvalue weighted by Crippen LogP contribution is -2.31. The second-order valence-electron chi connectivity index (χ2n) is 8.66. The molecule has 0 fully saturated rings. The zero-order valence-electron chi connectivity index (χ0n) is 18.7. The fourth-order valence-corrected chi connectivity index (χ4v) is 4.78. The quantitative estimate of drug-likeness (QED) is 0.614. The predicted molar refractivity (Wildman–Crippen MR) is 130 cm³/mol. The number of carboxylic acids is 1. The van der Waals surface area contributed by atoms with Crippen LogP contribution < -0.4 is 15.8 Å². The minimum absolute atomic E-state index is 0.0876. The first kappa shape index (κ1) is 21.0. The van der Waals surface area contributed by atoms with Gasteiger partial charge in [0.15, 0.2) is 0 Å². The average molecular weight is 443 g/mol. The van der Waals surface area contributed by atoms with Crippen LogP contribution in [0.4, 0.5) is 11.6 Å². The molecule has 1 aromatic heterocycles.